The van der Waals surface area contributed by atoms with Gasteiger partial charge in [-0.2, -0.15) is 10.4 Å². The van der Waals surface area contributed by atoms with Crippen LogP contribution in [0.2, 0.25) is 0 Å². The number of nitrogens with one attached hydrogen (secondary N) is 1. The maximum atomic E-state index is 14.5. The molecule has 3 aromatic rings. The molecule has 1 saturated heterocycles. The average molecular weight is 538 g/mol. The van der Waals surface area contributed by atoms with Crippen LogP contribution in [0.5, 0.6) is 5.75 Å². The summed E-state index contributed by atoms with van der Waals surface area (Å²) < 4.78 is 40.7. The second kappa shape index (κ2) is 11.1. The first kappa shape index (κ1) is 27.6. The number of likely N-dealkylation sites (tertiary alicyclic amines) is 1. The number of alkyl carbamates (subject to hydrolysis) is 1. The van der Waals surface area contributed by atoms with E-state index in [2.05, 4.69) is 10.4 Å². The molecule has 0 aliphatic carbocycles. The lowest BCUT2D eigenvalue weighted by Gasteiger charge is -2.22. The predicted molar refractivity (Wildman–Crippen MR) is 139 cm³/mol. The third kappa shape index (κ3) is 6.52. The molecule has 11 heteroatoms. The maximum absolute atomic E-state index is 14.5. The normalized spacial score (nSPS) is 15.1. The lowest BCUT2D eigenvalue weighted by Crippen LogP contribution is -2.41. The van der Waals surface area contributed by atoms with Crippen LogP contribution in [0.25, 0.3) is 22.4 Å². The van der Waals surface area contributed by atoms with E-state index in [0.717, 1.165) is 0 Å². The Labute approximate surface area is 224 Å². The first-order valence-electron chi connectivity index (χ1n) is 12.4. The van der Waals surface area contributed by atoms with Crippen molar-refractivity contribution in [3.63, 3.8) is 0 Å². The van der Waals surface area contributed by atoms with Crippen molar-refractivity contribution in [2.75, 3.05) is 20.2 Å². The topological polar surface area (TPSA) is 109 Å². The molecule has 2 aromatic carbocycles. The molecule has 2 heterocycles. The number of halogens is 2. The quantitative estimate of drug-likeness (QED) is 0.496. The molecule has 0 unspecified atom stereocenters. The van der Waals surface area contributed by atoms with Gasteiger partial charge in [-0.15, -0.1) is 0 Å². The van der Waals surface area contributed by atoms with Gasteiger partial charge in [0.15, 0.2) is 11.6 Å². The molecule has 1 fully saturated rings. The Kier molecular flexibility index (Phi) is 7.85. The number of methoxy groups -OCH3 is 1. The van der Waals surface area contributed by atoms with Crippen LogP contribution in [0.15, 0.2) is 42.6 Å². The van der Waals surface area contributed by atoms with Crippen LogP contribution < -0.4 is 10.1 Å². The highest BCUT2D eigenvalue weighted by molar-refractivity contribution is 5.82. The molecule has 1 atom stereocenters. The summed E-state index contributed by atoms with van der Waals surface area (Å²) >= 11 is 0. The molecule has 1 N–H and O–H groups in total. The number of nitrogens with zero attached hydrogens (tertiary/aromatic N) is 4. The van der Waals surface area contributed by atoms with E-state index >= 15 is 0 Å². The number of amides is 2. The standard InChI is InChI=1S/C28H29F2N5O4/c1-28(2,3)39-27(37)32-20-9-10-34(14-20)25(36)16-35-15-21(17-7-8-24(38-4)23(30)11-17)26(33-35)18-5-6-19(13-31)22(29)12-18/h5-8,11-12,15,20H,9-10,14,16H2,1-4H3,(H,32,37)/t20-/m0/s1. The lowest BCUT2D eigenvalue weighted by atomic mass is 10.0. The monoisotopic (exact) mass is 537 g/mol. The van der Waals surface area contributed by atoms with Crippen LogP contribution in [0.4, 0.5) is 13.6 Å². The fourth-order valence-corrected chi connectivity index (χ4v) is 4.33. The van der Waals surface area contributed by atoms with Gasteiger partial charge in [-0.1, -0.05) is 12.1 Å². The van der Waals surface area contributed by atoms with E-state index in [4.69, 9.17) is 14.7 Å². The number of aromatic nitrogens is 2. The molecule has 204 valence electrons. The second-order valence-corrected chi connectivity index (χ2v) is 10.2. The predicted octanol–water partition coefficient (Wildman–Crippen LogP) is 4.50. The zero-order chi connectivity index (χ0) is 28.3. The summed E-state index contributed by atoms with van der Waals surface area (Å²) in [7, 11) is 1.36. The number of hydrogen-bond acceptors (Lipinski definition) is 6. The fourth-order valence-electron chi connectivity index (χ4n) is 4.33. The smallest absolute Gasteiger partial charge is 0.407 e. The summed E-state index contributed by atoms with van der Waals surface area (Å²) in [6.45, 7) is 5.97. The molecule has 0 spiro atoms. The first-order valence-corrected chi connectivity index (χ1v) is 12.4. The fraction of sp³-hybridized carbons (Fsp3) is 0.357. The molecule has 39 heavy (non-hydrogen) atoms. The summed E-state index contributed by atoms with van der Waals surface area (Å²) in [4.78, 5) is 26.8. The third-order valence-electron chi connectivity index (χ3n) is 6.15. The van der Waals surface area contributed by atoms with Crippen molar-refractivity contribution in [1.82, 2.24) is 20.0 Å². The Bertz CT molecular complexity index is 1440. The van der Waals surface area contributed by atoms with Gasteiger partial charge in [-0.3, -0.25) is 9.48 Å². The number of carbonyl (C=O) groups excluding carboxylic acids is 2. The average Bonchev–Trinajstić information content (AvgIpc) is 3.50. The Morgan fingerprint density at radius 3 is 2.51 bits per heavy atom. The van der Waals surface area contributed by atoms with Crippen molar-refractivity contribution in [2.45, 2.75) is 45.4 Å². The molecular formula is C28H29F2N5O4. The summed E-state index contributed by atoms with van der Waals surface area (Å²) in [5, 5.41) is 16.4. The van der Waals surface area contributed by atoms with Crippen molar-refractivity contribution < 1.29 is 27.8 Å². The minimum Gasteiger partial charge on any atom is -0.494 e. The minimum atomic E-state index is -0.715. The van der Waals surface area contributed by atoms with Gasteiger partial charge >= 0.3 is 6.09 Å². The largest absolute Gasteiger partial charge is 0.494 e. The Morgan fingerprint density at radius 2 is 1.87 bits per heavy atom. The van der Waals surface area contributed by atoms with E-state index in [-0.39, 0.29) is 29.8 Å². The molecule has 9 nitrogen and oxygen atoms in total. The number of nitriles is 1. The number of benzene rings is 2. The SMILES string of the molecule is COc1ccc(-c2cn(CC(=O)N3CC[C@H](NC(=O)OC(C)(C)C)C3)nc2-c2ccc(C#N)c(F)c2)cc1F. The summed E-state index contributed by atoms with van der Waals surface area (Å²) in [6, 6.07) is 10.0. The van der Waals surface area contributed by atoms with Gasteiger partial charge in [0.25, 0.3) is 0 Å². The van der Waals surface area contributed by atoms with Gasteiger partial charge in [0.2, 0.25) is 5.91 Å². The van der Waals surface area contributed by atoms with Crippen molar-refractivity contribution >= 4 is 12.0 Å². The van der Waals surface area contributed by atoms with Gasteiger partial charge in [0.05, 0.1) is 18.7 Å². The summed E-state index contributed by atoms with van der Waals surface area (Å²) in [5.41, 5.74) is 0.870. The molecule has 0 radical (unpaired) electrons. The molecule has 1 aromatic heterocycles. The number of ether oxygens (including phenoxy) is 2. The van der Waals surface area contributed by atoms with Crippen LogP contribution in [-0.2, 0) is 16.1 Å². The summed E-state index contributed by atoms with van der Waals surface area (Å²) in [5.74, 6) is -1.46. The zero-order valence-corrected chi connectivity index (χ0v) is 22.1. The highest BCUT2D eigenvalue weighted by Gasteiger charge is 2.29. The summed E-state index contributed by atoms with van der Waals surface area (Å²) in [6.07, 6.45) is 1.64. The van der Waals surface area contributed by atoms with Crippen molar-refractivity contribution in [3.8, 4) is 34.2 Å². The number of hydrogen-bond donors (Lipinski definition) is 1. The molecular weight excluding hydrogens is 508 g/mol. The molecule has 0 bridgehead atoms. The van der Waals surface area contributed by atoms with Crippen LogP contribution >= 0.6 is 0 Å². The van der Waals surface area contributed by atoms with Crippen LogP contribution in [-0.4, -0.2) is 58.5 Å². The molecule has 1 aliphatic heterocycles. The van der Waals surface area contributed by atoms with Crippen molar-refractivity contribution in [3.05, 3.63) is 59.8 Å². The van der Waals surface area contributed by atoms with E-state index in [1.54, 1.807) is 50.1 Å². The lowest BCUT2D eigenvalue weighted by molar-refractivity contribution is -0.131. The van der Waals surface area contributed by atoms with Crippen LogP contribution in [0, 0.1) is 23.0 Å². The third-order valence-corrected chi connectivity index (χ3v) is 6.15. The Morgan fingerprint density at radius 1 is 1.15 bits per heavy atom. The van der Waals surface area contributed by atoms with E-state index in [1.165, 1.54) is 36.1 Å². The zero-order valence-electron chi connectivity index (χ0n) is 22.1. The van der Waals surface area contributed by atoms with E-state index in [1.807, 2.05) is 0 Å². The highest BCUT2D eigenvalue weighted by atomic mass is 19.1. The van der Waals surface area contributed by atoms with Gasteiger partial charge < -0.3 is 19.7 Å². The van der Waals surface area contributed by atoms with Gasteiger partial charge in [-0.25, -0.2) is 13.6 Å². The first-order chi connectivity index (χ1) is 18.5. The van der Waals surface area contributed by atoms with Crippen LogP contribution in [0.1, 0.15) is 32.8 Å². The second-order valence-electron chi connectivity index (χ2n) is 10.2. The van der Waals surface area contributed by atoms with Gasteiger partial charge in [0, 0.05) is 30.4 Å². The Hall–Kier alpha value is -4.46. The number of rotatable bonds is 6. The van der Waals surface area contributed by atoms with Gasteiger partial charge in [0.1, 0.15) is 29.7 Å². The van der Waals surface area contributed by atoms with E-state index in [9.17, 15) is 18.4 Å². The molecule has 2 amide bonds. The molecule has 4 rings (SSSR count). The van der Waals surface area contributed by atoms with E-state index in [0.29, 0.717) is 41.9 Å². The molecule has 1 aliphatic rings. The Balaban J connectivity index is 1.57. The minimum absolute atomic E-state index is 0.0656. The van der Waals surface area contributed by atoms with E-state index < -0.39 is 23.3 Å². The van der Waals surface area contributed by atoms with Crippen LogP contribution in [0.3, 0.4) is 0 Å². The maximum Gasteiger partial charge on any atom is 0.407 e. The number of carbonyl (C=O) groups is 2. The van der Waals surface area contributed by atoms with Gasteiger partial charge in [-0.05, 0) is 57.0 Å². The van der Waals surface area contributed by atoms with Crippen molar-refractivity contribution in [2.24, 2.45) is 0 Å². The molecule has 0 saturated carbocycles. The van der Waals surface area contributed by atoms with Crippen molar-refractivity contribution in [1.29, 1.82) is 5.26 Å². The highest BCUT2D eigenvalue weighted by Crippen LogP contribution is 2.34.